The molecule has 0 bridgehead atoms. The van der Waals surface area contributed by atoms with Crippen LogP contribution < -0.4 is 0 Å². The Morgan fingerprint density at radius 2 is 1.64 bits per heavy atom. The normalized spacial score (nSPS) is 23.7. The van der Waals surface area contributed by atoms with Gasteiger partial charge in [0.05, 0.1) is 12.5 Å². The minimum atomic E-state index is -2.05. The van der Waals surface area contributed by atoms with Gasteiger partial charge in [-0.2, -0.15) is 0 Å². The zero-order chi connectivity index (χ0) is 21.3. The third-order valence-corrected chi connectivity index (χ3v) is 10.4. The lowest BCUT2D eigenvalue weighted by molar-refractivity contribution is -0.157. The van der Waals surface area contributed by atoms with Crippen molar-refractivity contribution in [2.45, 2.75) is 90.1 Å². The summed E-state index contributed by atoms with van der Waals surface area (Å²) in [6.45, 7) is 16.6. The first kappa shape index (κ1) is 22.8. The van der Waals surface area contributed by atoms with E-state index in [2.05, 4.69) is 33.9 Å². The van der Waals surface area contributed by atoms with Gasteiger partial charge in [0.25, 0.3) is 0 Å². The molecule has 1 saturated carbocycles. The standard InChI is InChI=1S/C23H36O4Si/c1-22(2,3)26-20(25)14-17-18(24)15-19(27-28(7,8)23(4,5)6)21(17)16-12-10-9-11-13-16/h9-13,17,19,21H,14-15H2,1-8H3/t17-,19+,21+/m1/s1. The second kappa shape index (κ2) is 8.11. The number of hydrogen-bond acceptors (Lipinski definition) is 4. The van der Waals surface area contributed by atoms with Crippen molar-refractivity contribution in [2.24, 2.45) is 5.92 Å². The van der Waals surface area contributed by atoms with Crippen molar-refractivity contribution in [2.75, 3.05) is 0 Å². The van der Waals surface area contributed by atoms with E-state index in [9.17, 15) is 9.59 Å². The molecular formula is C23H36O4Si. The van der Waals surface area contributed by atoms with E-state index in [1.165, 1.54) is 0 Å². The van der Waals surface area contributed by atoms with Crippen LogP contribution >= 0.6 is 0 Å². The first-order chi connectivity index (χ1) is 12.7. The van der Waals surface area contributed by atoms with Crippen LogP contribution in [0.5, 0.6) is 0 Å². The Kier molecular flexibility index (Phi) is 6.61. The summed E-state index contributed by atoms with van der Waals surface area (Å²) in [4.78, 5) is 25.4. The van der Waals surface area contributed by atoms with Gasteiger partial charge in [-0.1, -0.05) is 51.1 Å². The van der Waals surface area contributed by atoms with E-state index in [0.29, 0.717) is 6.42 Å². The van der Waals surface area contributed by atoms with E-state index >= 15 is 0 Å². The number of benzene rings is 1. The van der Waals surface area contributed by atoms with Gasteiger partial charge >= 0.3 is 5.97 Å². The van der Waals surface area contributed by atoms with Crippen molar-refractivity contribution in [1.82, 2.24) is 0 Å². The maximum atomic E-state index is 12.9. The van der Waals surface area contributed by atoms with Crippen LogP contribution in [0.25, 0.3) is 0 Å². The molecule has 0 aliphatic heterocycles. The fourth-order valence-electron chi connectivity index (χ4n) is 3.53. The van der Waals surface area contributed by atoms with Crippen LogP contribution in [-0.2, 0) is 18.8 Å². The van der Waals surface area contributed by atoms with E-state index in [4.69, 9.17) is 9.16 Å². The topological polar surface area (TPSA) is 52.6 Å². The van der Waals surface area contributed by atoms with E-state index in [1.54, 1.807) is 0 Å². The van der Waals surface area contributed by atoms with Crippen LogP contribution in [0.4, 0.5) is 0 Å². The Morgan fingerprint density at radius 1 is 1.07 bits per heavy atom. The molecule has 0 spiro atoms. The van der Waals surface area contributed by atoms with Crippen LogP contribution in [0.2, 0.25) is 18.1 Å². The molecule has 0 aromatic heterocycles. The van der Waals surface area contributed by atoms with Crippen LogP contribution in [-0.4, -0.2) is 31.8 Å². The maximum Gasteiger partial charge on any atom is 0.307 e. The van der Waals surface area contributed by atoms with Crippen molar-refractivity contribution < 1.29 is 18.8 Å². The van der Waals surface area contributed by atoms with Gasteiger partial charge in [-0.3, -0.25) is 9.59 Å². The molecule has 0 saturated heterocycles. The van der Waals surface area contributed by atoms with Crippen molar-refractivity contribution in [3.63, 3.8) is 0 Å². The average Bonchev–Trinajstić information content (AvgIpc) is 2.80. The molecule has 0 unspecified atom stereocenters. The lowest BCUT2D eigenvalue weighted by Gasteiger charge is -2.40. The summed E-state index contributed by atoms with van der Waals surface area (Å²) in [5.41, 5.74) is 0.503. The lowest BCUT2D eigenvalue weighted by atomic mass is 9.85. The highest BCUT2D eigenvalue weighted by Crippen LogP contribution is 2.46. The quantitative estimate of drug-likeness (QED) is 0.481. The Hall–Kier alpha value is -1.46. The number of carbonyl (C=O) groups is 2. The fourth-order valence-corrected chi connectivity index (χ4v) is 4.87. The smallest absolute Gasteiger partial charge is 0.307 e. The molecule has 5 heteroatoms. The highest BCUT2D eigenvalue weighted by Gasteiger charge is 2.49. The maximum absolute atomic E-state index is 12.9. The summed E-state index contributed by atoms with van der Waals surface area (Å²) in [5.74, 6) is -0.731. The summed E-state index contributed by atoms with van der Waals surface area (Å²) in [5, 5.41) is 0.0561. The third kappa shape index (κ3) is 5.54. The first-order valence-corrected chi connectivity index (χ1v) is 13.1. The summed E-state index contributed by atoms with van der Waals surface area (Å²) in [6, 6.07) is 9.99. The van der Waals surface area contributed by atoms with E-state index in [1.807, 2.05) is 51.1 Å². The summed E-state index contributed by atoms with van der Waals surface area (Å²) >= 11 is 0. The average molecular weight is 405 g/mol. The molecule has 4 nitrogen and oxygen atoms in total. The summed E-state index contributed by atoms with van der Waals surface area (Å²) in [6.07, 6.45) is 0.273. The third-order valence-electron chi connectivity index (χ3n) is 5.89. The van der Waals surface area contributed by atoms with Gasteiger partial charge in [0.2, 0.25) is 0 Å². The van der Waals surface area contributed by atoms with Crippen LogP contribution in [0.1, 0.15) is 65.9 Å². The molecule has 0 radical (unpaired) electrons. The Labute approximate surface area is 171 Å². The van der Waals surface area contributed by atoms with Crippen LogP contribution in [0, 0.1) is 5.92 Å². The molecule has 2 rings (SSSR count). The zero-order valence-electron chi connectivity index (χ0n) is 18.7. The molecule has 0 heterocycles. The molecule has 1 aromatic rings. The number of Topliss-reactive ketones (excluding diaryl/α,β-unsaturated/α-hetero) is 1. The van der Waals surface area contributed by atoms with Crippen molar-refractivity contribution in [3.8, 4) is 0 Å². The monoisotopic (exact) mass is 404 g/mol. The van der Waals surface area contributed by atoms with Gasteiger partial charge in [-0.15, -0.1) is 0 Å². The van der Waals surface area contributed by atoms with E-state index in [-0.39, 0.29) is 35.2 Å². The zero-order valence-corrected chi connectivity index (χ0v) is 19.7. The second-order valence-electron chi connectivity index (χ2n) is 10.4. The first-order valence-electron chi connectivity index (χ1n) is 10.2. The summed E-state index contributed by atoms with van der Waals surface area (Å²) in [7, 11) is -2.05. The molecule has 1 fully saturated rings. The number of ketones is 1. The summed E-state index contributed by atoms with van der Waals surface area (Å²) < 4.78 is 12.2. The van der Waals surface area contributed by atoms with Crippen molar-refractivity contribution in [3.05, 3.63) is 35.9 Å². The molecule has 28 heavy (non-hydrogen) atoms. The van der Waals surface area contributed by atoms with E-state index < -0.39 is 19.8 Å². The predicted molar refractivity (Wildman–Crippen MR) is 115 cm³/mol. The molecule has 1 aliphatic rings. The Balaban J connectivity index is 2.32. The largest absolute Gasteiger partial charge is 0.460 e. The number of esters is 1. The van der Waals surface area contributed by atoms with Gasteiger partial charge in [0.15, 0.2) is 8.32 Å². The molecule has 3 atom stereocenters. The highest BCUT2D eigenvalue weighted by molar-refractivity contribution is 6.74. The minimum Gasteiger partial charge on any atom is -0.460 e. The van der Waals surface area contributed by atoms with Crippen molar-refractivity contribution in [1.29, 1.82) is 0 Å². The highest BCUT2D eigenvalue weighted by atomic mass is 28.4. The Bertz CT molecular complexity index is 698. The van der Waals surface area contributed by atoms with Gasteiger partial charge in [0, 0.05) is 18.3 Å². The molecule has 1 aromatic carbocycles. The van der Waals surface area contributed by atoms with Gasteiger partial charge in [0.1, 0.15) is 11.4 Å². The number of ether oxygens (including phenoxy) is 1. The number of carbonyl (C=O) groups excluding carboxylic acids is 2. The molecule has 1 aliphatic carbocycles. The Morgan fingerprint density at radius 3 is 2.14 bits per heavy atom. The van der Waals surface area contributed by atoms with Gasteiger partial charge < -0.3 is 9.16 Å². The molecule has 0 amide bonds. The van der Waals surface area contributed by atoms with E-state index in [0.717, 1.165) is 5.56 Å². The number of rotatable bonds is 5. The van der Waals surface area contributed by atoms with Crippen LogP contribution in [0.15, 0.2) is 30.3 Å². The molecular weight excluding hydrogens is 368 g/mol. The lowest BCUT2D eigenvalue weighted by Crippen LogP contribution is -2.44. The second-order valence-corrected chi connectivity index (χ2v) is 15.2. The van der Waals surface area contributed by atoms with Crippen molar-refractivity contribution >= 4 is 20.1 Å². The number of hydrogen-bond donors (Lipinski definition) is 0. The molecule has 0 N–H and O–H groups in total. The predicted octanol–water partition coefficient (Wildman–Crippen LogP) is 5.48. The van der Waals surface area contributed by atoms with Crippen LogP contribution in [0.3, 0.4) is 0 Å². The SMILES string of the molecule is CC(C)(C)OC(=O)C[C@@H]1C(=O)C[C@H](O[Si](C)(C)C(C)(C)C)[C@H]1c1ccccc1. The van der Waals surface area contributed by atoms with Gasteiger partial charge in [-0.05, 0) is 44.5 Å². The van der Waals surface area contributed by atoms with Gasteiger partial charge in [-0.25, -0.2) is 0 Å². The molecule has 156 valence electrons. The fraction of sp³-hybridized carbons (Fsp3) is 0.652. The minimum absolute atomic E-state index is 0.0561.